The maximum absolute atomic E-state index is 12.4. The van der Waals surface area contributed by atoms with Crippen LogP contribution in [-0.4, -0.2) is 72.6 Å². The zero-order chi connectivity index (χ0) is 28.0. The Hall–Kier alpha value is -2.83. The third-order valence-corrected chi connectivity index (χ3v) is 7.15. The summed E-state index contributed by atoms with van der Waals surface area (Å²) in [5.74, 6) is 1.50. The summed E-state index contributed by atoms with van der Waals surface area (Å²) in [6.07, 6.45) is -2.45. The molecule has 1 amide bonds. The fourth-order valence-corrected chi connectivity index (χ4v) is 5.32. The van der Waals surface area contributed by atoms with Crippen molar-refractivity contribution in [2.45, 2.75) is 69.4 Å². The maximum Gasteiger partial charge on any atom is 0.413 e. The number of methoxy groups -OCH3 is 2. The molecule has 0 aliphatic carbocycles. The van der Waals surface area contributed by atoms with Crippen molar-refractivity contribution < 1.29 is 38.3 Å². The molecule has 2 aliphatic rings. The van der Waals surface area contributed by atoms with Crippen LogP contribution in [0.4, 0.5) is 4.79 Å². The molecule has 2 heterocycles. The summed E-state index contributed by atoms with van der Waals surface area (Å²) < 4.78 is 34.8. The molecule has 2 aromatic carbocycles. The van der Waals surface area contributed by atoms with Crippen molar-refractivity contribution in [2.75, 3.05) is 20.8 Å². The Bertz CT molecular complexity index is 1120. The normalized spacial score (nSPS) is 24.5. The standard InChI is InChI=1S/C28H36N2O8S/c1-28(2,3)38-27(32)30-26-29-22-24(36-16-18-8-12-20(34-5)13-9-18)23(21(14-31)37-25(22)39-26)35-15-17-6-10-19(33-4)11-7-17/h6-13,21-25,31H,14-16H2,1-5H3,(H,29,30,32)/t21-,22-,23-,24-,25-/m1/s1. The lowest BCUT2D eigenvalue weighted by molar-refractivity contribution is -0.205. The number of nitrogens with one attached hydrogen (secondary N) is 1. The van der Waals surface area contributed by atoms with E-state index in [1.54, 1.807) is 35.0 Å². The van der Waals surface area contributed by atoms with Gasteiger partial charge < -0.3 is 33.5 Å². The van der Waals surface area contributed by atoms with Gasteiger partial charge in [0.05, 0.1) is 34.0 Å². The number of benzene rings is 2. The van der Waals surface area contributed by atoms with Crippen LogP contribution in [0.3, 0.4) is 0 Å². The molecule has 0 spiro atoms. The van der Waals surface area contributed by atoms with Gasteiger partial charge in [0.2, 0.25) is 0 Å². The number of alkyl carbamates (subject to hydrolysis) is 1. The Morgan fingerprint density at radius 3 is 1.97 bits per heavy atom. The SMILES string of the molecule is COc1ccc(CO[C@@H]2[C@H]3N=C(NC(=O)OC(C)(C)C)S[C@H]3O[C@H](CO)[C@H]2OCc2ccc(OC)cc2)cc1. The van der Waals surface area contributed by atoms with Crippen LogP contribution in [0.5, 0.6) is 11.5 Å². The van der Waals surface area contributed by atoms with E-state index in [4.69, 9.17) is 33.4 Å². The third kappa shape index (κ3) is 7.86. The van der Waals surface area contributed by atoms with Gasteiger partial charge in [-0.05, 0) is 56.2 Å². The van der Waals surface area contributed by atoms with Gasteiger partial charge in [-0.1, -0.05) is 36.0 Å². The number of aliphatic imine (C=N–C) groups is 1. The Kier molecular flexibility index (Phi) is 9.73. The van der Waals surface area contributed by atoms with Crippen LogP contribution >= 0.6 is 11.8 Å². The quantitative estimate of drug-likeness (QED) is 0.471. The molecule has 0 radical (unpaired) electrons. The van der Waals surface area contributed by atoms with Crippen LogP contribution in [0.15, 0.2) is 53.5 Å². The summed E-state index contributed by atoms with van der Waals surface area (Å²) in [5.41, 5.74) is 0.743. The van der Waals surface area contributed by atoms with Gasteiger partial charge in [0, 0.05) is 0 Å². The van der Waals surface area contributed by atoms with Crippen molar-refractivity contribution in [2.24, 2.45) is 4.99 Å². The van der Waals surface area contributed by atoms with Gasteiger partial charge in [-0.3, -0.25) is 10.3 Å². The van der Waals surface area contributed by atoms with E-state index in [0.29, 0.717) is 5.17 Å². The highest BCUT2D eigenvalue weighted by molar-refractivity contribution is 8.14. The maximum atomic E-state index is 12.4. The minimum Gasteiger partial charge on any atom is -0.497 e. The third-order valence-electron chi connectivity index (χ3n) is 6.10. The molecule has 0 aromatic heterocycles. The molecule has 2 N–H and O–H groups in total. The fourth-order valence-electron chi connectivity index (χ4n) is 4.22. The first kappa shape index (κ1) is 29.2. The largest absolute Gasteiger partial charge is 0.497 e. The van der Waals surface area contributed by atoms with Crippen LogP contribution in [0.25, 0.3) is 0 Å². The molecule has 212 valence electrons. The number of thioether (sulfide) groups is 1. The van der Waals surface area contributed by atoms with Gasteiger partial charge in [-0.2, -0.15) is 0 Å². The van der Waals surface area contributed by atoms with Gasteiger partial charge in [0.1, 0.15) is 46.9 Å². The summed E-state index contributed by atoms with van der Waals surface area (Å²) in [6, 6.07) is 14.7. The van der Waals surface area contributed by atoms with Crippen LogP contribution in [0.1, 0.15) is 31.9 Å². The van der Waals surface area contributed by atoms with E-state index >= 15 is 0 Å². The number of amides is 1. The van der Waals surface area contributed by atoms with Gasteiger partial charge in [0.15, 0.2) is 5.17 Å². The predicted molar refractivity (Wildman–Crippen MR) is 147 cm³/mol. The summed E-state index contributed by atoms with van der Waals surface area (Å²) in [5, 5.41) is 13.3. The first-order valence-corrected chi connectivity index (χ1v) is 13.6. The van der Waals surface area contributed by atoms with Crippen LogP contribution in [0.2, 0.25) is 0 Å². The van der Waals surface area contributed by atoms with Crippen LogP contribution in [0, 0.1) is 0 Å². The van der Waals surface area contributed by atoms with Gasteiger partial charge >= 0.3 is 6.09 Å². The average Bonchev–Trinajstić information content (AvgIpc) is 3.31. The molecule has 10 nitrogen and oxygen atoms in total. The lowest BCUT2D eigenvalue weighted by Gasteiger charge is -2.42. The summed E-state index contributed by atoms with van der Waals surface area (Å²) >= 11 is 1.26. The van der Waals surface area contributed by atoms with E-state index in [1.807, 2.05) is 48.5 Å². The minimum atomic E-state index is -0.658. The van der Waals surface area contributed by atoms with E-state index < -0.39 is 41.5 Å². The topological polar surface area (TPSA) is 117 Å². The molecule has 39 heavy (non-hydrogen) atoms. The lowest BCUT2D eigenvalue weighted by Crippen LogP contribution is -2.57. The van der Waals surface area contributed by atoms with E-state index in [2.05, 4.69) is 5.32 Å². The van der Waals surface area contributed by atoms with Crippen LogP contribution < -0.4 is 14.8 Å². The molecule has 11 heteroatoms. The molecule has 2 aromatic rings. The van der Waals surface area contributed by atoms with Crippen LogP contribution in [-0.2, 0) is 32.2 Å². The highest BCUT2D eigenvalue weighted by Gasteiger charge is 2.51. The number of carbonyl (C=O) groups is 1. The van der Waals surface area contributed by atoms with Crippen molar-refractivity contribution in [3.63, 3.8) is 0 Å². The molecule has 1 fully saturated rings. The van der Waals surface area contributed by atoms with Crippen molar-refractivity contribution in [3.8, 4) is 11.5 Å². The number of aliphatic hydroxyl groups excluding tert-OH is 1. The monoisotopic (exact) mass is 560 g/mol. The molecule has 0 bridgehead atoms. The number of nitrogens with zero attached hydrogens (tertiary/aromatic N) is 1. The second-order valence-corrected chi connectivity index (χ2v) is 11.2. The minimum absolute atomic E-state index is 0.270. The Morgan fingerprint density at radius 1 is 0.949 bits per heavy atom. The highest BCUT2D eigenvalue weighted by Crippen LogP contribution is 2.39. The summed E-state index contributed by atoms with van der Waals surface area (Å²) in [4.78, 5) is 17.1. The zero-order valence-electron chi connectivity index (χ0n) is 22.8. The number of ether oxygens (including phenoxy) is 6. The van der Waals surface area contributed by atoms with Crippen molar-refractivity contribution in [1.29, 1.82) is 0 Å². The fraction of sp³-hybridized carbons (Fsp3) is 0.500. The Labute approximate surface area is 233 Å². The first-order valence-electron chi connectivity index (χ1n) is 12.7. The summed E-state index contributed by atoms with van der Waals surface area (Å²) in [6.45, 7) is 5.66. The van der Waals surface area contributed by atoms with Crippen molar-refractivity contribution in [1.82, 2.24) is 5.32 Å². The molecular formula is C28H36N2O8S. The number of hydrogen-bond acceptors (Lipinski definition) is 10. The van der Waals surface area contributed by atoms with Gasteiger partial charge in [-0.15, -0.1) is 0 Å². The first-order chi connectivity index (χ1) is 18.7. The number of carbonyl (C=O) groups excluding carboxylic acids is 1. The zero-order valence-corrected chi connectivity index (χ0v) is 23.6. The number of aliphatic hydroxyl groups is 1. The van der Waals surface area contributed by atoms with Gasteiger partial charge in [-0.25, -0.2) is 4.79 Å². The lowest BCUT2D eigenvalue weighted by atomic mass is 9.97. The number of fused-ring (bicyclic) bond motifs is 1. The summed E-state index contributed by atoms with van der Waals surface area (Å²) in [7, 11) is 3.23. The second kappa shape index (κ2) is 13.0. The molecular weight excluding hydrogens is 524 g/mol. The average molecular weight is 561 g/mol. The second-order valence-electron chi connectivity index (χ2n) is 10.1. The van der Waals surface area contributed by atoms with E-state index in [-0.39, 0.29) is 19.8 Å². The number of rotatable bonds is 9. The molecule has 0 saturated carbocycles. The molecule has 2 aliphatic heterocycles. The highest BCUT2D eigenvalue weighted by atomic mass is 32.2. The van der Waals surface area contributed by atoms with Crippen molar-refractivity contribution in [3.05, 3.63) is 59.7 Å². The molecule has 4 rings (SSSR count). The molecule has 5 atom stereocenters. The molecule has 0 unspecified atom stereocenters. The predicted octanol–water partition coefficient (Wildman–Crippen LogP) is 3.89. The Morgan fingerprint density at radius 2 is 1.49 bits per heavy atom. The number of hydrogen-bond donors (Lipinski definition) is 2. The molecule has 1 saturated heterocycles. The van der Waals surface area contributed by atoms with E-state index in [9.17, 15) is 9.90 Å². The van der Waals surface area contributed by atoms with Gasteiger partial charge in [0.25, 0.3) is 0 Å². The Balaban J connectivity index is 1.53. The van der Waals surface area contributed by atoms with E-state index in [1.165, 1.54) is 11.8 Å². The van der Waals surface area contributed by atoms with E-state index in [0.717, 1.165) is 22.6 Å². The van der Waals surface area contributed by atoms with Crippen molar-refractivity contribution >= 4 is 23.0 Å². The number of amidine groups is 1. The smallest absolute Gasteiger partial charge is 0.413 e.